The Kier molecular flexibility index (Phi) is 5.14. The summed E-state index contributed by atoms with van der Waals surface area (Å²) in [7, 11) is 0. The quantitative estimate of drug-likeness (QED) is 0.749. The standard InChI is InChI=1S/C17H22N2O2/c1-3-4-5-6-7-14-18-15(16(19-14)17(20)21)13-10-8-12(2)9-11-13/h8-11H,3-7H2,1-2H3,(H,18,19)(H,20,21). The summed E-state index contributed by atoms with van der Waals surface area (Å²) in [6, 6.07) is 7.77. The van der Waals surface area contributed by atoms with Gasteiger partial charge in [0.25, 0.3) is 0 Å². The Morgan fingerprint density at radius 1 is 1.19 bits per heavy atom. The Morgan fingerprint density at radius 2 is 1.90 bits per heavy atom. The predicted octanol–water partition coefficient (Wildman–Crippen LogP) is 4.21. The zero-order valence-electron chi connectivity index (χ0n) is 12.6. The first kappa shape index (κ1) is 15.3. The molecule has 0 spiro atoms. The number of aromatic amines is 1. The van der Waals surface area contributed by atoms with Crippen molar-refractivity contribution in [3.8, 4) is 11.3 Å². The van der Waals surface area contributed by atoms with Gasteiger partial charge in [0.05, 0.1) is 0 Å². The topological polar surface area (TPSA) is 66.0 Å². The average Bonchev–Trinajstić information content (AvgIpc) is 2.89. The molecule has 0 unspecified atom stereocenters. The van der Waals surface area contributed by atoms with Gasteiger partial charge in [0.15, 0.2) is 5.69 Å². The molecule has 4 heteroatoms. The van der Waals surface area contributed by atoms with E-state index in [1.165, 1.54) is 12.8 Å². The fourth-order valence-corrected chi connectivity index (χ4v) is 2.33. The van der Waals surface area contributed by atoms with Gasteiger partial charge in [0, 0.05) is 12.0 Å². The van der Waals surface area contributed by atoms with Crippen molar-refractivity contribution in [2.45, 2.75) is 46.0 Å². The van der Waals surface area contributed by atoms with Gasteiger partial charge in [-0.2, -0.15) is 0 Å². The molecule has 2 N–H and O–H groups in total. The lowest BCUT2D eigenvalue weighted by atomic mass is 10.1. The fraction of sp³-hybridized carbons (Fsp3) is 0.412. The minimum atomic E-state index is -0.960. The molecular formula is C17H22N2O2. The molecule has 2 rings (SSSR count). The Balaban J connectivity index is 2.21. The van der Waals surface area contributed by atoms with E-state index in [1.807, 2.05) is 31.2 Å². The van der Waals surface area contributed by atoms with Crippen molar-refractivity contribution in [2.75, 3.05) is 0 Å². The first-order valence-corrected chi connectivity index (χ1v) is 7.51. The summed E-state index contributed by atoms with van der Waals surface area (Å²) in [5, 5.41) is 9.33. The SMILES string of the molecule is CCCCCCc1nc(-c2ccc(C)cc2)c(C(=O)O)[nH]1. The molecule has 0 aliphatic carbocycles. The van der Waals surface area contributed by atoms with Crippen LogP contribution in [0.15, 0.2) is 24.3 Å². The van der Waals surface area contributed by atoms with Crippen molar-refractivity contribution in [1.29, 1.82) is 0 Å². The Bertz CT molecular complexity index is 600. The number of carbonyl (C=O) groups is 1. The van der Waals surface area contributed by atoms with Gasteiger partial charge in [-0.1, -0.05) is 56.0 Å². The summed E-state index contributed by atoms with van der Waals surface area (Å²) in [6.07, 6.45) is 5.38. The highest BCUT2D eigenvalue weighted by Gasteiger charge is 2.17. The number of benzene rings is 1. The second kappa shape index (κ2) is 7.07. The van der Waals surface area contributed by atoms with Gasteiger partial charge in [0.2, 0.25) is 0 Å². The number of rotatable bonds is 7. The predicted molar refractivity (Wildman–Crippen MR) is 83.6 cm³/mol. The molecule has 4 nitrogen and oxygen atoms in total. The number of carboxylic acids is 1. The summed E-state index contributed by atoms with van der Waals surface area (Å²) in [4.78, 5) is 18.8. The molecule has 21 heavy (non-hydrogen) atoms. The van der Waals surface area contributed by atoms with Gasteiger partial charge in [-0.3, -0.25) is 0 Å². The van der Waals surface area contributed by atoms with E-state index in [-0.39, 0.29) is 5.69 Å². The summed E-state index contributed by atoms with van der Waals surface area (Å²) >= 11 is 0. The lowest BCUT2D eigenvalue weighted by Crippen LogP contribution is -1.99. The second-order valence-corrected chi connectivity index (χ2v) is 5.39. The number of aromatic nitrogens is 2. The van der Waals surface area contributed by atoms with E-state index in [4.69, 9.17) is 0 Å². The molecule has 0 fully saturated rings. The monoisotopic (exact) mass is 286 g/mol. The van der Waals surface area contributed by atoms with Crippen LogP contribution in [-0.4, -0.2) is 21.0 Å². The number of unbranched alkanes of at least 4 members (excludes halogenated alkanes) is 3. The third-order valence-electron chi connectivity index (χ3n) is 3.56. The largest absolute Gasteiger partial charge is 0.477 e. The molecule has 0 bridgehead atoms. The summed E-state index contributed by atoms with van der Waals surface area (Å²) in [5.74, 6) is -0.197. The van der Waals surface area contributed by atoms with E-state index in [9.17, 15) is 9.90 Å². The number of hydrogen-bond donors (Lipinski definition) is 2. The van der Waals surface area contributed by atoms with Gasteiger partial charge < -0.3 is 10.1 Å². The summed E-state index contributed by atoms with van der Waals surface area (Å²) < 4.78 is 0. The molecule has 0 saturated heterocycles. The molecule has 0 radical (unpaired) electrons. The molecule has 0 aliphatic rings. The molecule has 0 amide bonds. The van der Waals surface area contributed by atoms with Crippen LogP contribution < -0.4 is 0 Å². The van der Waals surface area contributed by atoms with E-state index in [0.29, 0.717) is 5.69 Å². The van der Waals surface area contributed by atoms with Gasteiger partial charge >= 0.3 is 5.97 Å². The normalized spacial score (nSPS) is 10.8. The Morgan fingerprint density at radius 3 is 2.52 bits per heavy atom. The molecule has 0 atom stereocenters. The molecule has 1 heterocycles. The van der Waals surface area contributed by atoms with E-state index in [2.05, 4.69) is 16.9 Å². The minimum absolute atomic E-state index is 0.185. The lowest BCUT2D eigenvalue weighted by Gasteiger charge is -1.99. The molecule has 0 aliphatic heterocycles. The van der Waals surface area contributed by atoms with Crippen molar-refractivity contribution < 1.29 is 9.90 Å². The number of nitrogens with one attached hydrogen (secondary N) is 1. The molecular weight excluding hydrogens is 264 g/mol. The first-order chi connectivity index (χ1) is 10.1. The van der Waals surface area contributed by atoms with E-state index >= 15 is 0 Å². The fourth-order valence-electron chi connectivity index (χ4n) is 2.33. The second-order valence-electron chi connectivity index (χ2n) is 5.39. The Labute approximate surface area is 125 Å². The number of hydrogen-bond acceptors (Lipinski definition) is 2. The molecule has 1 aromatic carbocycles. The zero-order valence-corrected chi connectivity index (χ0v) is 12.6. The van der Waals surface area contributed by atoms with Crippen molar-refractivity contribution in [1.82, 2.24) is 9.97 Å². The van der Waals surface area contributed by atoms with Crippen LogP contribution in [0.25, 0.3) is 11.3 Å². The molecule has 0 saturated carbocycles. The highest BCUT2D eigenvalue weighted by atomic mass is 16.4. The van der Waals surface area contributed by atoms with E-state index in [0.717, 1.165) is 36.2 Å². The smallest absolute Gasteiger partial charge is 0.354 e. The summed E-state index contributed by atoms with van der Waals surface area (Å²) in [6.45, 7) is 4.18. The molecule has 1 aromatic heterocycles. The highest BCUT2D eigenvalue weighted by molar-refractivity contribution is 5.92. The van der Waals surface area contributed by atoms with Crippen LogP contribution in [0.1, 0.15) is 54.5 Å². The van der Waals surface area contributed by atoms with Gasteiger partial charge in [-0.05, 0) is 13.3 Å². The third kappa shape index (κ3) is 3.94. The lowest BCUT2D eigenvalue weighted by molar-refractivity contribution is 0.0692. The van der Waals surface area contributed by atoms with E-state index < -0.39 is 5.97 Å². The maximum absolute atomic E-state index is 11.4. The van der Waals surface area contributed by atoms with Crippen LogP contribution in [0.2, 0.25) is 0 Å². The minimum Gasteiger partial charge on any atom is -0.477 e. The first-order valence-electron chi connectivity index (χ1n) is 7.51. The maximum Gasteiger partial charge on any atom is 0.354 e. The Hall–Kier alpha value is -2.10. The van der Waals surface area contributed by atoms with Crippen molar-refractivity contribution in [2.24, 2.45) is 0 Å². The van der Waals surface area contributed by atoms with Crippen molar-refractivity contribution >= 4 is 5.97 Å². The van der Waals surface area contributed by atoms with Crippen LogP contribution in [0.4, 0.5) is 0 Å². The number of imidazole rings is 1. The van der Waals surface area contributed by atoms with Gasteiger partial charge in [0.1, 0.15) is 11.5 Å². The van der Waals surface area contributed by atoms with Crippen LogP contribution in [0.5, 0.6) is 0 Å². The van der Waals surface area contributed by atoms with E-state index in [1.54, 1.807) is 0 Å². The number of aryl methyl sites for hydroxylation is 2. The van der Waals surface area contributed by atoms with Gasteiger partial charge in [-0.25, -0.2) is 9.78 Å². The zero-order chi connectivity index (χ0) is 15.2. The summed E-state index contributed by atoms with van der Waals surface area (Å²) in [5.41, 5.74) is 2.71. The van der Waals surface area contributed by atoms with Gasteiger partial charge in [-0.15, -0.1) is 0 Å². The van der Waals surface area contributed by atoms with Crippen LogP contribution in [0.3, 0.4) is 0 Å². The molecule has 2 aromatic rings. The number of carboxylic acid groups (broad SMARTS) is 1. The third-order valence-corrected chi connectivity index (χ3v) is 3.56. The number of aromatic carboxylic acids is 1. The van der Waals surface area contributed by atoms with Crippen LogP contribution >= 0.6 is 0 Å². The number of nitrogens with zero attached hydrogens (tertiary/aromatic N) is 1. The molecule has 112 valence electrons. The van der Waals surface area contributed by atoms with Crippen LogP contribution in [-0.2, 0) is 6.42 Å². The highest BCUT2D eigenvalue weighted by Crippen LogP contribution is 2.23. The van der Waals surface area contributed by atoms with Crippen molar-refractivity contribution in [3.63, 3.8) is 0 Å². The maximum atomic E-state index is 11.4. The van der Waals surface area contributed by atoms with Crippen molar-refractivity contribution in [3.05, 3.63) is 41.3 Å². The average molecular weight is 286 g/mol. The van der Waals surface area contributed by atoms with Crippen LogP contribution in [0, 0.1) is 6.92 Å². The number of H-pyrrole nitrogens is 1.